The number of rotatable bonds is 4. The van der Waals surface area contributed by atoms with Gasteiger partial charge in [-0.25, -0.2) is 4.39 Å². The molecule has 0 spiro atoms. The molecule has 2 rings (SSSR count). The Labute approximate surface area is 119 Å². The Morgan fingerprint density at radius 3 is 2.20 bits per heavy atom. The van der Waals surface area contributed by atoms with E-state index in [1.165, 1.54) is 7.11 Å². The third-order valence-corrected chi connectivity index (χ3v) is 3.64. The second kappa shape index (κ2) is 6.06. The van der Waals surface area contributed by atoms with Gasteiger partial charge in [-0.1, -0.05) is 30.3 Å². The second-order valence-corrected chi connectivity index (χ2v) is 4.89. The lowest BCUT2D eigenvalue weighted by Gasteiger charge is -2.22. The molecule has 1 atom stereocenters. The van der Waals surface area contributed by atoms with Crippen LogP contribution in [-0.2, 0) is 0 Å². The number of aryl methyl sites for hydroxylation is 2. The molecular weight excluding hydrogens is 253 g/mol. The smallest absolute Gasteiger partial charge is 0.170 e. The summed E-state index contributed by atoms with van der Waals surface area (Å²) in [5.41, 5.74) is 4.00. The summed E-state index contributed by atoms with van der Waals surface area (Å²) in [7, 11) is 3.32. The average molecular weight is 273 g/mol. The van der Waals surface area contributed by atoms with Crippen LogP contribution in [0.5, 0.6) is 5.75 Å². The molecule has 2 aromatic carbocycles. The first-order chi connectivity index (χ1) is 9.60. The third kappa shape index (κ3) is 2.54. The molecule has 106 valence electrons. The molecule has 0 aliphatic rings. The number of halogens is 1. The van der Waals surface area contributed by atoms with Crippen molar-refractivity contribution in [1.82, 2.24) is 5.32 Å². The van der Waals surface area contributed by atoms with Gasteiger partial charge in [0.05, 0.1) is 13.2 Å². The third-order valence-electron chi connectivity index (χ3n) is 3.64. The predicted octanol–water partition coefficient (Wildman–Crippen LogP) is 3.76. The van der Waals surface area contributed by atoms with Crippen molar-refractivity contribution in [3.05, 3.63) is 64.5 Å². The highest BCUT2D eigenvalue weighted by molar-refractivity contribution is 5.44. The summed E-state index contributed by atoms with van der Waals surface area (Å²) in [5.74, 6) is -0.0361. The van der Waals surface area contributed by atoms with Gasteiger partial charge >= 0.3 is 0 Å². The Morgan fingerprint density at radius 2 is 1.65 bits per heavy atom. The van der Waals surface area contributed by atoms with Crippen LogP contribution >= 0.6 is 0 Å². The fraction of sp³-hybridized carbons (Fsp3) is 0.294. The highest BCUT2D eigenvalue weighted by Gasteiger charge is 2.21. The zero-order valence-corrected chi connectivity index (χ0v) is 12.3. The molecule has 1 unspecified atom stereocenters. The number of nitrogens with one attached hydrogen (secondary N) is 1. The molecule has 3 heteroatoms. The van der Waals surface area contributed by atoms with Crippen LogP contribution in [0, 0.1) is 19.7 Å². The largest absolute Gasteiger partial charge is 0.494 e. The van der Waals surface area contributed by atoms with Crippen molar-refractivity contribution < 1.29 is 9.13 Å². The fourth-order valence-electron chi connectivity index (χ4n) is 2.65. The SMILES string of the molecule is CNC(c1cccc(OC)c1F)c1c(C)cccc1C. The van der Waals surface area contributed by atoms with Gasteiger partial charge in [0.1, 0.15) is 0 Å². The second-order valence-electron chi connectivity index (χ2n) is 4.89. The summed E-state index contributed by atoms with van der Waals surface area (Å²) in [4.78, 5) is 0. The van der Waals surface area contributed by atoms with Crippen molar-refractivity contribution >= 4 is 0 Å². The normalized spacial score (nSPS) is 12.2. The van der Waals surface area contributed by atoms with E-state index in [0.29, 0.717) is 5.56 Å². The van der Waals surface area contributed by atoms with Crippen LogP contribution in [0.2, 0.25) is 0 Å². The van der Waals surface area contributed by atoms with Crippen LogP contribution in [0.3, 0.4) is 0 Å². The van der Waals surface area contributed by atoms with Crippen molar-refractivity contribution in [1.29, 1.82) is 0 Å². The molecule has 0 aliphatic heterocycles. The Bertz CT molecular complexity index is 590. The van der Waals surface area contributed by atoms with Gasteiger partial charge in [0.15, 0.2) is 11.6 Å². The van der Waals surface area contributed by atoms with Crippen molar-refractivity contribution in [3.8, 4) is 5.75 Å². The molecule has 0 saturated heterocycles. The molecule has 0 amide bonds. The lowest BCUT2D eigenvalue weighted by molar-refractivity contribution is 0.382. The van der Waals surface area contributed by atoms with E-state index in [9.17, 15) is 4.39 Å². The number of ether oxygens (including phenoxy) is 1. The highest BCUT2D eigenvalue weighted by atomic mass is 19.1. The maximum absolute atomic E-state index is 14.5. The first-order valence-electron chi connectivity index (χ1n) is 6.66. The molecule has 0 aromatic heterocycles. The summed E-state index contributed by atoms with van der Waals surface area (Å²) < 4.78 is 19.6. The number of hydrogen-bond donors (Lipinski definition) is 1. The Morgan fingerprint density at radius 1 is 1.05 bits per heavy atom. The zero-order valence-electron chi connectivity index (χ0n) is 12.3. The lowest BCUT2D eigenvalue weighted by Crippen LogP contribution is -2.21. The van der Waals surface area contributed by atoms with Gasteiger partial charge in [-0.2, -0.15) is 0 Å². The van der Waals surface area contributed by atoms with Crippen molar-refractivity contribution in [3.63, 3.8) is 0 Å². The maximum atomic E-state index is 14.5. The topological polar surface area (TPSA) is 21.3 Å². The van der Waals surface area contributed by atoms with E-state index in [4.69, 9.17) is 4.74 Å². The summed E-state index contributed by atoms with van der Waals surface area (Å²) >= 11 is 0. The Hall–Kier alpha value is -1.87. The molecule has 2 nitrogen and oxygen atoms in total. The van der Waals surface area contributed by atoms with Crippen LogP contribution in [-0.4, -0.2) is 14.2 Å². The lowest BCUT2D eigenvalue weighted by atomic mass is 9.91. The van der Waals surface area contributed by atoms with Crippen molar-refractivity contribution in [2.45, 2.75) is 19.9 Å². The van der Waals surface area contributed by atoms with E-state index in [2.05, 4.69) is 5.32 Å². The van der Waals surface area contributed by atoms with Gasteiger partial charge in [-0.05, 0) is 43.7 Å². The van der Waals surface area contributed by atoms with Gasteiger partial charge in [-0.3, -0.25) is 0 Å². The molecular formula is C17H20FNO. The highest BCUT2D eigenvalue weighted by Crippen LogP contribution is 2.32. The van der Waals surface area contributed by atoms with E-state index in [1.807, 2.05) is 45.2 Å². The first-order valence-corrected chi connectivity index (χ1v) is 6.66. The standard InChI is InChI=1S/C17H20FNO/c1-11-7-5-8-12(2)15(11)17(19-3)13-9-6-10-14(20-4)16(13)18/h5-10,17,19H,1-4H3. The fourth-order valence-corrected chi connectivity index (χ4v) is 2.65. The minimum absolute atomic E-state index is 0.189. The Balaban J connectivity index is 2.59. The zero-order chi connectivity index (χ0) is 14.7. The van der Waals surface area contributed by atoms with Crippen LogP contribution < -0.4 is 10.1 Å². The first kappa shape index (κ1) is 14.5. The summed E-state index contributed by atoms with van der Waals surface area (Å²) in [6, 6.07) is 11.2. The van der Waals surface area contributed by atoms with E-state index >= 15 is 0 Å². The van der Waals surface area contributed by atoms with Gasteiger partial charge in [0, 0.05) is 5.56 Å². The maximum Gasteiger partial charge on any atom is 0.170 e. The molecule has 0 saturated carbocycles. The van der Waals surface area contributed by atoms with E-state index < -0.39 is 0 Å². The van der Waals surface area contributed by atoms with Crippen LogP contribution in [0.4, 0.5) is 4.39 Å². The molecule has 0 fully saturated rings. The molecule has 0 aliphatic carbocycles. The Kier molecular flexibility index (Phi) is 4.40. The van der Waals surface area contributed by atoms with Crippen molar-refractivity contribution in [2.75, 3.05) is 14.2 Å². The number of benzene rings is 2. The van der Waals surface area contributed by atoms with E-state index in [0.717, 1.165) is 16.7 Å². The van der Waals surface area contributed by atoms with E-state index in [-0.39, 0.29) is 17.6 Å². The van der Waals surface area contributed by atoms with Gasteiger partial charge in [0.25, 0.3) is 0 Å². The summed E-state index contributed by atoms with van der Waals surface area (Å²) in [6.45, 7) is 4.09. The minimum Gasteiger partial charge on any atom is -0.494 e. The number of hydrogen-bond acceptors (Lipinski definition) is 2. The molecule has 0 bridgehead atoms. The molecule has 1 N–H and O–H groups in total. The molecule has 0 radical (unpaired) electrons. The quantitative estimate of drug-likeness (QED) is 0.915. The summed E-state index contributed by atoms with van der Waals surface area (Å²) in [6.07, 6.45) is 0. The summed E-state index contributed by atoms with van der Waals surface area (Å²) in [5, 5.41) is 3.21. The molecule has 2 aromatic rings. The average Bonchev–Trinajstić information content (AvgIpc) is 2.44. The van der Waals surface area contributed by atoms with Gasteiger partial charge < -0.3 is 10.1 Å². The van der Waals surface area contributed by atoms with Gasteiger partial charge in [0.2, 0.25) is 0 Å². The van der Waals surface area contributed by atoms with Crippen LogP contribution in [0.15, 0.2) is 36.4 Å². The molecule has 0 heterocycles. The minimum atomic E-state index is -0.308. The van der Waals surface area contributed by atoms with Crippen LogP contribution in [0.25, 0.3) is 0 Å². The van der Waals surface area contributed by atoms with Crippen LogP contribution in [0.1, 0.15) is 28.3 Å². The van der Waals surface area contributed by atoms with Gasteiger partial charge in [-0.15, -0.1) is 0 Å². The predicted molar refractivity (Wildman–Crippen MR) is 79.8 cm³/mol. The number of methoxy groups -OCH3 is 1. The molecule has 20 heavy (non-hydrogen) atoms. The van der Waals surface area contributed by atoms with E-state index in [1.54, 1.807) is 12.1 Å². The monoisotopic (exact) mass is 273 g/mol. The van der Waals surface area contributed by atoms with Crippen molar-refractivity contribution in [2.24, 2.45) is 0 Å².